The first-order valence-corrected chi connectivity index (χ1v) is 12.5. The van der Waals surface area contributed by atoms with Gasteiger partial charge in [-0.2, -0.15) is 5.21 Å². The summed E-state index contributed by atoms with van der Waals surface area (Å²) in [6.45, 7) is 1.97. The Balaban J connectivity index is 1.50. The molecule has 0 saturated heterocycles. The number of amides is 2. The van der Waals surface area contributed by atoms with Crippen molar-refractivity contribution in [2.75, 3.05) is 22.6 Å². The van der Waals surface area contributed by atoms with Crippen LogP contribution in [0.1, 0.15) is 31.2 Å². The second-order valence-corrected chi connectivity index (χ2v) is 9.68. The number of aryl methyl sites for hydroxylation is 1. The number of halogens is 2. The molecule has 4 aromatic rings. The molecule has 196 valence electrons. The molecule has 1 saturated carbocycles. The zero-order chi connectivity index (χ0) is 26.7. The summed E-state index contributed by atoms with van der Waals surface area (Å²) in [7, 11) is 1.80. The fourth-order valence-corrected chi connectivity index (χ4v) is 4.91. The average molecular weight is 518 g/mol. The standard InChI is InChI=1S/C28H29F2N7O/c1-18-9-12-20(13-10-18)31-27(38)32-24-16-19(22-7-3-4-8-23(22)26-33-35-36-34-26)11-14-25(24)37(2)21-6-5-15-28(29,30)17-21/h3-4,7-14,16,21H,5-6,15,17H2,1-2H3,(H2,31,32,38)(H,33,34,35,36). The number of H-pyrrole nitrogens is 1. The Hall–Kier alpha value is -4.34. The lowest BCUT2D eigenvalue weighted by Gasteiger charge is -2.37. The Morgan fingerprint density at radius 3 is 2.53 bits per heavy atom. The monoisotopic (exact) mass is 517 g/mol. The molecule has 38 heavy (non-hydrogen) atoms. The first-order valence-electron chi connectivity index (χ1n) is 12.5. The summed E-state index contributed by atoms with van der Waals surface area (Å²) in [5, 5.41) is 20.2. The number of anilines is 3. The van der Waals surface area contributed by atoms with Crippen molar-refractivity contribution in [3.63, 3.8) is 0 Å². The maximum Gasteiger partial charge on any atom is 0.323 e. The molecule has 8 nitrogen and oxygen atoms in total. The van der Waals surface area contributed by atoms with Crippen molar-refractivity contribution in [1.29, 1.82) is 0 Å². The molecule has 1 atom stereocenters. The number of carbonyl (C=O) groups is 1. The van der Waals surface area contributed by atoms with E-state index in [-0.39, 0.29) is 18.9 Å². The van der Waals surface area contributed by atoms with Crippen molar-refractivity contribution in [3.8, 4) is 22.5 Å². The third-order valence-corrected chi connectivity index (χ3v) is 6.92. The van der Waals surface area contributed by atoms with Crippen LogP contribution < -0.4 is 15.5 Å². The number of hydrogen-bond donors (Lipinski definition) is 3. The molecule has 0 spiro atoms. The van der Waals surface area contributed by atoms with E-state index in [1.165, 1.54) is 0 Å². The Morgan fingerprint density at radius 1 is 1.05 bits per heavy atom. The Kier molecular flexibility index (Phi) is 7.04. The number of nitrogens with zero attached hydrogens (tertiary/aromatic N) is 4. The number of urea groups is 1. The summed E-state index contributed by atoms with van der Waals surface area (Å²) >= 11 is 0. The molecule has 1 unspecified atom stereocenters. The SMILES string of the molecule is Cc1ccc(NC(=O)Nc2cc(-c3ccccc3-c3nn[nH]n3)ccc2N(C)C2CCCC(F)(F)C2)cc1. The minimum atomic E-state index is -2.70. The molecular formula is C28H29F2N7O. The summed E-state index contributed by atoms with van der Waals surface area (Å²) < 4.78 is 28.5. The fraction of sp³-hybridized carbons (Fsp3) is 0.286. The lowest BCUT2D eigenvalue weighted by atomic mass is 9.90. The molecule has 0 aliphatic heterocycles. The lowest BCUT2D eigenvalue weighted by molar-refractivity contribution is -0.0401. The summed E-state index contributed by atoms with van der Waals surface area (Å²) in [6.07, 6.45) is 0.798. The van der Waals surface area contributed by atoms with Crippen LogP contribution in [0, 0.1) is 6.92 Å². The van der Waals surface area contributed by atoms with Crippen LogP contribution >= 0.6 is 0 Å². The van der Waals surface area contributed by atoms with E-state index >= 15 is 0 Å². The maximum absolute atomic E-state index is 14.3. The third kappa shape index (κ3) is 5.64. The van der Waals surface area contributed by atoms with Gasteiger partial charge in [0.15, 0.2) is 0 Å². The van der Waals surface area contributed by atoms with E-state index < -0.39 is 12.0 Å². The van der Waals surface area contributed by atoms with Gasteiger partial charge in [0.25, 0.3) is 0 Å². The first-order chi connectivity index (χ1) is 18.3. The molecule has 1 aliphatic rings. The Labute approximate surface area is 219 Å². The minimum absolute atomic E-state index is 0.0901. The van der Waals surface area contributed by atoms with Crippen LogP contribution in [0.5, 0.6) is 0 Å². The number of carbonyl (C=O) groups excluding carboxylic acids is 1. The van der Waals surface area contributed by atoms with E-state index in [2.05, 4.69) is 31.3 Å². The van der Waals surface area contributed by atoms with Gasteiger partial charge in [0.2, 0.25) is 11.7 Å². The van der Waals surface area contributed by atoms with Gasteiger partial charge in [0, 0.05) is 37.2 Å². The molecule has 0 radical (unpaired) electrons. The van der Waals surface area contributed by atoms with Crippen LogP contribution in [0.25, 0.3) is 22.5 Å². The molecule has 1 heterocycles. The number of rotatable bonds is 6. The molecule has 1 fully saturated rings. The number of aromatic nitrogens is 4. The van der Waals surface area contributed by atoms with Crippen LogP contribution in [-0.4, -0.2) is 45.7 Å². The Morgan fingerprint density at radius 2 is 1.82 bits per heavy atom. The van der Waals surface area contributed by atoms with Crippen LogP contribution in [0.15, 0.2) is 66.7 Å². The maximum atomic E-state index is 14.3. The highest BCUT2D eigenvalue weighted by molar-refractivity contribution is 6.02. The van der Waals surface area contributed by atoms with E-state index in [4.69, 9.17) is 0 Å². The topological polar surface area (TPSA) is 98.8 Å². The third-order valence-electron chi connectivity index (χ3n) is 6.92. The van der Waals surface area contributed by atoms with Crippen LogP contribution in [0.3, 0.4) is 0 Å². The molecule has 10 heteroatoms. The van der Waals surface area contributed by atoms with Crippen LogP contribution in [0.4, 0.5) is 30.6 Å². The van der Waals surface area contributed by atoms with E-state index in [1.807, 2.05) is 78.6 Å². The van der Waals surface area contributed by atoms with Gasteiger partial charge < -0.3 is 15.5 Å². The van der Waals surface area contributed by atoms with Crippen molar-refractivity contribution in [2.45, 2.75) is 44.6 Å². The van der Waals surface area contributed by atoms with Crippen LogP contribution in [0.2, 0.25) is 0 Å². The molecule has 5 rings (SSSR count). The quantitative estimate of drug-likeness (QED) is 0.271. The highest BCUT2D eigenvalue weighted by Gasteiger charge is 2.38. The van der Waals surface area contributed by atoms with E-state index in [0.717, 1.165) is 22.3 Å². The second-order valence-electron chi connectivity index (χ2n) is 9.68. The summed E-state index contributed by atoms with van der Waals surface area (Å²) in [6, 6.07) is 19.9. The number of tetrazole rings is 1. The highest BCUT2D eigenvalue weighted by Crippen LogP contribution is 2.40. The average Bonchev–Trinajstić information content (AvgIpc) is 3.44. The molecule has 0 bridgehead atoms. The summed E-state index contributed by atoms with van der Waals surface area (Å²) in [5.74, 6) is -2.25. The van der Waals surface area contributed by atoms with Crippen molar-refractivity contribution < 1.29 is 13.6 Å². The molecule has 1 aliphatic carbocycles. The van der Waals surface area contributed by atoms with Gasteiger partial charge in [-0.15, -0.1) is 10.2 Å². The van der Waals surface area contributed by atoms with Gasteiger partial charge in [-0.1, -0.05) is 48.0 Å². The molecular weight excluding hydrogens is 488 g/mol. The number of hydrogen-bond acceptors (Lipinski definition) is 5. The van der Waals surface area contributed by atoms with Crippen molar-refractivity contribution in [2.24, 2.45) is 0 Å². The summed E-state index contributed by atoms with van der Waals surface area (Å²) in [4.78, 5) is 14.9. The predicted octanol–water partition coefficient (Wildman–Crippen LogP) is 6.50. The fourth-order valence-electron chi connectivity index (χ4n) is 4.91. The van der Waals surface area contributed by atoms with Gasteiger partial charge in [-0.05, 0) is 60.4 Å². The Bertz CT molecular complexity index is 1410. The van der Waals surface area contributed by atoms with Gasteiger partial charge >= 0.3 is 6.03 Å². The summed E-state index contributed by atoms with van der Waals surface area (Å²) in [5.41, 5.74) is 5.31. The highest BCUT2D eigenvalue weighted by atomic mass is 19.3. The predicted molar refractivity (Wildman–Crippen MR) is 144 cm³/mol. The normalized spacial score (nSPS) is 16.6. The zero-order valence-electron chi connectivity index (χ0n) is 21.2. The number of alkyl halides is 2. The number of benzene rings is 3. The van der Waals surface area contributed by atoms with Crippen molar-refractivity contribution >= 4 is 23.1 Å². The smallest absolute Gasteiger partial charge is 0.323 e. The minimum Gasteiger partial charge on any atom is -0.370 e. The molecule has 3 aromatic carbocycles. The van der Waals surface area contributed by atoms with E-state index in [1.54, 1.807) is 7.05 Å². The zero-order valence-corrected chi connectivity index (χ0v) is 21.2. The van der Waals surface area contributed by atoms with Crippen molar-refractivity contribution in [3.05, 3.63) is 72.3 Å². The van der Waals surface area contributed by atoms with Crippen LogP contribution in [-0.2, 0) is 0 Å². The lowest BCUT2D eigenvalue weighted by Crippen LogP contribution is -2.40. The second kappa shape index (κ2) is 10.6. The van der Waals surface area contributed by atoms with Gasteiger partial charge in [-0.25, -0.2) is 13.6 Å². The molecule has 2 amide bonds. The van der Waals surface area contributed by atoms with E-state index in [9.17, 15) is 13.6 Å². The van der Waals surface area contributed by atoms with Gasteiger partial charge in [0.1, 0.15) is 0 Å². The first kappa shape index (κ1) is 25.3. The van der Waals surface area contributed by atoms with Crippen molar-refractivity contribution in [1.82, 2.24) is 20.6 Å². The number of aromatic amines is 1. The molecule has 1 aromatic heterocycles. The van der Waals surface area contributed by atoms with E-state index in [0.29, 0.717) is 35.7 Å². The largest absolute Gasteiger partial charge is 0.370 e. The van der Waals surface area contributed by atoms with Gasteiger partial charge in [0.05, 0.1) is 11.4 Å². The number of nitrogens with one attached hydrogen (secondary N) is 3. The molecule has 3 N–H and O–H groups in total. The van der Waals surface area contributed by atoms with Gasteiger partial charge in [-0.3, -0.25) is 0 Å².